The van der Waals surface area contributed by atoms with Gasteiger partial charge in [0.1, 0.15) is 5.58 Å². The summed E-state index contributed by atoms with van der Waals surface area (Å²) in [6, 6.07) is 22.1. The van der Waals surface area contributed by atoms with Gasteiger partial charge in [-0.05, 0) is 42.8 Å². The van der Waals surface area contributed by atoms with Crippen LogP contribution in [0.5, 0.6) is 5.75 Å². The lowest BCUT2D eigenvalue weighted by Gasteiger charge is -2.06. The third kappa shape index (κ3) is 4.59. The fraction of sp³-hybridized carbons (Fsp3) is 0.120. The molecule has 4 rings (SSSR count). The molecule has 4 aromatic rings. The molecule has 3 aromatic carbocycles. The quantitative estimate of drug-likeness (QED) is 0.455. The number of furan rings is 1. The second kappa shape index (κ2) is 8.75. The van der Waals surface area contributed by atoms with Crippen molar-refractivity contribution < 1.29 is 18.7 Å². The van der Waals surface area contributed by atoms with E-state index in [0.29, 0.717) is 28.1 Å². The Morgan fingerprint density at radius 3 is 2.35 bits per heavy atom. The molecule has 0 atom stereocenters. The van der Waals surface area contributed by atoms with Crippen LogP contribution in [0, 0.1) is 6.92 Å². The van der Waals surface area contributed by atoms with Crippen LogP contribution in [0.3, 0.4) is 0 Å². The van der Waals surface area contributed by atoms with Gasteiger partial charge < -0.3 is 19.8 Å². The Morgan fingerprint density at radius 1 is 0.903 bits per heavy atom. The minimum absolute atomic E-state index is 0.0736. The summed E-state index contributed by atoms with van der Waals surface area (Å²) in [5, 5.41) is 6.29. The molecule has 2 N–H and O–H groups in total. The highest BCUT2D eigenvalue weighted by molar-refractivity contribution is 6.08. The van der Waals surface area contributed by atoms with Gasteiger partial charge >= 0.3 is 0 Å². The second-order valence-electron chi connectivity index (χ2n) is 7.21. The molecule has 1 aromatic heterocycles. The van der Waals surface area contributed by atoms with Crippen LogP contribution in [0.25, 0.3) is 11.0 Å². The molecule has 1 heterocycles. The van der Waals surface area contributed by atoms with Crippen LogP contribution in [0.15, 0.2) is 77.2 Å². The lowest BCUT2D eigenvalue weighted by atomic mass is 10.1. The topological polar surface area (TPSA) is 80.6 Å². The molecule has 156 valence electrons. The summed E-state index contributed by atoms with van der Waals surface area (Å²) in [6.07, 6.45) is 0.269. The van der Waals surface area contributed by atoms with Crippen molar-refractivity contribution in [1.82, 2.24) is 0 Å². The number of aryl methyl sites for hydroxylation is 1. The average molecular weight is 414 g/mol. The van der Waals surface area contributed by atoms with E-state index in [-0.39, 0.29) is 18.1 Å². The minimum Gasteiger partial charge on any atom is -0.492 e. The first-order valence-corrected chi connectivity index (χ1v) is 9.86. The van der Waals surface area contributed by atoms with Crippen LogP contribution in [0.1, 0.15) is 21.7 Å². The lowest BCUT2D eigenvalue weighted by Crippen LogP contribution is -2.14. The summed E-state index contributed by atoms with van der Waals surface area (Å²) in [6.45, 7) is 2.01. The molecule has 0 saturated carbocycles. The first kappa shape index (κ1) is 20.2. The van der Waals surface area contributed by atoms with E-state index in [1.807, 2.05) is 49.4 Å². The number of nitrogens with one attached hydrogen (secondary N) is 2. The Morgan fingerprint density at radius 2 is 1.65 bits per heavy atom. The molecule has 0 fully saturated rings. The first-order valence-electron chi connectivity index (χ1n) is 9.86. The largest absolute Gasteiger partial charge is 0.492 e. The Bertz CT molecular complexity index is 1230. The third-order valence-electron chi connectivity index (χ3n) is 4.85. The zero-order valence-electron chi connectivity index (χ0n) is 17.3. The maximum Gasteiger partial charge on any atom is 0.295 e. The highest BCUT2D eigenvalue weighted by atomic mass is 16.5. The van der Waals surface area contributed by atoms with Crippen molar-refractivity contribution in [3.05, 3.63) is 89.7 Å². The summed E-state index contributed by atoms with van der Waals surface area (Å²) in [5.74, 6) is -0.153. The smallest absolute Gasteiger partial charge is 0.295 e. The van der Waals surface area contributed by atoms with E-state index in [2.05, 4.69) is 10.6 Å². The number of carbonyl (C=O) groups is 2. The summed E-state index contributed by atoms with van der Waals surface area (Å²) < 4.78 is 11.2. The van der Waals surface area contributed by atoms with Crippen LogP contribution in [0.2, 0.25) is 0 Å². The minimum atomic E-state index is -0.413. The number of fused-ring (bicyclic) bond motifs is 1. The fourth-order valence-corrected chi connectivity index (χ4v) is 3.31. The Balaban J connectivity index is 1.55. The number of hydrogen-bond acceptors (Lipinski definition) is 4. The Labute approximate surface area is 179 Å². The molecule has 0 radical (unpaired) electrons. The summed E-state index contributed by atoms with van der Waals surface area (Å²) in [7, 11) is 1.48. The van der Waals surface area contributed by atoms with Gasteiger partial charge in [0, 0.05) is 11.4 Å². The molecule has 6 nitrogen and oxygen atoms in total. The zero-order valence-corrected chi connectivity index (χ0v) is 17.3. The van der Waals surface area contributed by atoms with E-state index in [1.54, 1.807) is 30.3 Å². The normalized spacial score (nSPS) is 10.6. The molecule has 0 bridgehead atoms. The number of para-hydroxylation sites is 1. The van der Waals surface area contributed by atoms with Crippen LogP contribution in [-0.4, -0.2) is 18.9 Å². The predicted molar refractivity (Wildman–Crippen MR) is 121 cm³/mol. The lowest BCUT2D eigenvalue weighted by molar-refractivity contribution is -0.115. The average Bonchev–Trinajstić information content (AvgIpc) is 3.14. The van der Waals surface area contributed by atoms with Crippen LogP contribution in [0.4, 0.5) is 11.4 Å². The number of anilines is 2. The molecular formula is C25H22N2O4. The van der Waals surface area contributed by atoms with Gasteiger partial charge in [-0.15, -0.1) is 0 Å². The third-order valence-corrected chi connectivity index (χ3v) is 4.85. The molecule has 0 saturated heterocycles. The highest BCUT2D eigenvalue weighted by Gasteiger charge is 2.22. The van der Waals surface area contributed by atoms with E-state index < -0.39 is 5.91 Å². The first-order chi connectivity index (χ1) is 15.0. The molecule has 31 heavy (non-hydrogen) atoms. The van der Waals surface area contributed by atoms with Gasteiger partial charge in [-0.1, -0.05) is 48.0 Å². The van der Waals surface area contributed by atoms with E-state index in [0.717, 1.165) is 11.1 Å². The zero-order chi connectivity index (χ0) is 21.8. The standard InChI is InChI=1S/C25H22N2O4/c1-16-8-10-17(11-9-16)14-22(28)26-19-12-13-21-20(15-19)23(30-2)24(31-21)25(29)27-18-6-4-3-5-7-18/h3-13,15H,14H2,1-2H3,(H,26,28)(H,27,29). The van der Waals surface area contributed by atoms with Crippen molar-refractivity contribution >= 4 is 34.2 Å². The van der Waals surface area contributed by atoms with E-state index in [4.69, 9.17) is 9.15 Å². The molecule has 0 spiro atoms. The van der Waals surface area contributed by atoms with Gasteiger partial charge in [-0.25, -0.2) is 0 Å². The van der Waals surface area contributed by atoms with Gasteiger partial charge in [0.15, 0.2) is 5.75 Å². The van der Waals surface area contributed by atoms with Crippen molar-refractivity contribution in [2.24, 2.45) is 0 Å². The van der Waals surface area contributed by atoms with Gasteiger partial charge in [0.05, 0.1) is 18.9 Å². The van der Waals surface area contributed by atoms with Gasteiger partial charge in [-0.3, -0.25) is 9.59 Å². The molecule has 6 heteroatoms. The van der Waals surface area contributed by atoms with Gasteiger partial charge in [-0.2, -0.15) is 0 Å². The predicted octanol–water partition coefficient (Wildman–Crippen LogP) is 5.18. The second-order valence-corrected chi connectivity index (χ2v) is 7.21. The summed E-state index contributed by atoms with van der Waals surface area (Å²) in [4.78, 5) is 25.1. The SMILES string of the molecule is COc1c(C(=O)Nc2ccccc2)oc2ccc(NC(=O)Cc3ccc(C)cc3)cc12. The maximum atomic E-state index is 12.7. The number of methoxy groups -OCH3 is 1. The van der Waals surface area contributed by atoms with E-state index in [9.17, 15) is 9.59 Å². The molecule has 0 aliphatic heterocycles. The van der Waals surface area contributed by atoms with E-state index in [1.165, 1.54) is 7.11 Å². The molecule has 2 amide bonds. The van der Waals surface area contributed by atoms with Crippen molar-refractivity contribution in [1.29, 1.82) is 0 Å². The summed E-state index contributed by atoms with van der Waals surface area (Å²) >= 11 is 0. The Hall–Kier alpha value is -4.06. The maximum absolute atomic E-state index is 12.7. The molecular weight excluding hydrogens is 392 g/mol. The molecule has 0 aliphatic rings. The van der Waals surface area contributed by atoms with Crippen molar-refractivity contribution in [2.45, 2.75) is 13.3 Å². The molecule has 0 unspecified atom stereocenters. The number of amides is 2. The highest BCUT2D eigenvalue weighted by Crippen LogP contribution is 2.35. The number of carbonyl (C=O) groups excluding carboxylic acids is 2. The number of rotatable bonds is 6. The van der Waals surface area contributed by atoms with Crippen molar-refractivity contribution in [3.8, 4) is 5.75 Å². The summed E-state index contributed by atoms with van der Waals surface area (Å²) in [5.41, 5.74) is 3.82. The van der Waals surface area contributed by atoms with Gasteiger partial charge in [0.25, 0.3) is 5.91 Å². The number of hydrogen-bond donors (Lipinski definition) is 2. The van der Waals surface area contributed by atoms with Crippen molar-refractivity contribution in [3.63, 3.8) is 0 Å². The number of benzene rings is 3. The Kier molecular flexibility index (Phi) is 5.71. The van der Waals surface area contributed by atoms with Crippen LogP contribution < -0.4 is 15.4 Å². The van der Waals surface area contributed by atoms with Crippen LogP contribution in [-0.2, 0) is 11.2 Å². The fourth-order valence-electron chi connectivity index (χ4n) is 3.31. The van der Waals surface area contributed by atoms with E-state index >= 15 is 0 Å². The van der Waals surface area contributed by atoms with Crippen molar-refractivity contribution in [2.75, 3.05) is 17.7 Å². The number of ether oxygens (including phenoxy) is 1. The van der Waals surface area contributed by atoms with Gasteiger partial charge in [0.2, 0.25) is 11.7 Å². The van der Waals surface area contributed by atoms with Crippen LogP contribution >= 0.6 is 0 Å². The monoisotopic (exact) mass is 414 g/mol. The molecule has 0 aliphatic carbocycles.